The highest BCUT2D eigenvalue weighted by Gasteiger charge is 2.42. The molecule has 0 radical (unpaired) electrons. The highest BCUT2D eigenvalue weighted by atomic mass is 32.2. The molecule has 3 aliphatic rings. The lowest BCUT2D eigenvalue weighted by Crippen LogP contribution is -2.38. The van der Waals surface area contributed by atoms with Crippen LogP contribution in [-0.4, -0.2) is 49.3 Å². The number of amidine groups is 1. The smallest absolute Gasteiger partial charge is 0.338 e. The van der Waals surface area contributed by atoms with Crippen LogP contribution >= 0.6 is 11.8 Å². The van der Waals surface area contributed by atoms with Crippen LogP contribution in [-0.2, 0) is 14.3 Å². The fourth-order valence-electron chi connectivity index (χ4n) is 4.00. The third-order valence-electron chi connectivity index (χ3n) is 5.91. The number of aliphatic imine (C=N–C) groups is 1. The number of nitrogens with zero attached hydrogens (tertiary/aromatic N) is 2. The average molecular weight is 484 g/mol. The molecule has 8 nitrogen and oxygen atoms in total. The maximum Gasteiger partial charge on any atom is 0.338 e. The molecule has 1 aromatic rings. The van der Waals surface area contributed by atoms with Crippen molar-refractivity contribution in [2.45, 2.75) is 32.2 Å². The molecule has 180 valence electrons. The van der Waals surface area contributed by atoms with Crippen LogP contribution in [0, 0.1) is 5.92 Å². The second kappa shape index (κ2) is 10.4. The van der Waals surface area contributed by atoms with E-state index in [0.717, 1.165) is 5.70 Å². The first-order chi connectivity index (χ1) is 16.5. The van der Waals surface area contributed by atoms with Gasteiger partial charge < -0.3 is 24.4 Å². The SMILES string of the molecule is C=CCOC(=O)C1=C(C)N=C2SC=C(CC(=O)NCC3CC3)N2[C@H]1c1cc(OC)ccc1OC. The van der Waals surface area contributed by atoms with Gasteiger partial charge in [-0.25, -0.2) is 9.79 Å². The first kappa shape index (κ1) is 23.9. The molecule has 0 aromatic heterocycles. The molecule has 1 amide bonds. The fraction of sp³-hybridized carbons (Fsp3) is 0.400. The van der Waals surface area contributed by atoms with Gasteiger partial charge in [-0.1, -0.05) is 24.4 Å². The van der Waals surface area contributed by atoms with Crippen LogP contribution in [0.15, 0.2) is 58.2 Å². The predicted molar refractivity (Wildman–Crippen MR) is 131 cm³/mol. The second-order valence-electron chi connectivity index (χ2n) is 8.31. The summed E-state index contributed by atoms with van der Waals surface area (Å²) in [6.07, 6.45) is 4.03. The molecule has 2 aliphatic heterocycles. The van der Waals surface area contributed by atoms with Gasteiger partial charge in [-0.05, 0) is 49.3 Å². The number of nitrogens with one attached hydrogen (secondary N) is 1. The third kappa shape index (κ3) is 4.99. The molecular weight excluding hydrogens is 454 g/mol. The minimum absolute atomic E-state index is 0.0570. The van der Waals surface area contributed by atoms with Gasteiger partial charge in [0.25, 0.3) is 0 Å². The minimum Gasteiger partial charge on any atom is -0.497 e. The van der Waals surface area contributed by atoms with E-state index < -0.39 is 12.0 Å². The number of hydrogen-bond acceptors (Lipinski definition) is 8. The summed E-state index contributed by atoms with van der Waals surface area (Å²) in [4.78, 5) is 32.5. The van der Waals surface area contributed by atoms with Gasteiger partial charge in [-0.3, -0.25) is 4.79 Å². The lowest BCUT2D eigenvalue weighted by molar-refractivity contribution is -0.138. The Balaban J connectivity index is 1.74. The van der Waals surface area contributed by atoms with Crippen LogP contribution in [0.5, 0.6) is 11.5 Å². The first-order valence-corrected chi connectivity index (χ1v) is 12.1. The summed E-state index contributed by atoms with van der Waals surface area (Å²) >= 11 is 1.43. The van der Waals surface area contributed by atoms with Crippen LogP contribution in [0.3, 0.4) is 0 Å². The number of thioether (sulfide) groups is 1. The van der Waals surface area contributed by atoms with E-state index >= 15 is 0 Å². The zero-order chi connectivity index (χ0) is 24.2. The Morgan fingerprint density at radius 3 is 2.76 bits per heavy atom. The Hall–Kier alpha value is -3.20. The van der Waals surface area contributed by atoms with E-state index in [9.17, 15) is 9.59 Å². The number of ether oxygens (including phenoxy) is 3. The van der Waals surface area contributed by atoms with E-state index in [2.05, 4.69) is 16.9 Å². The summed E-state index contributed by atoms with van der Waals surface area (Å²) in [5.74, 6) is 1.25. The average Bonchev–Trinajstić information content (AvgIpc) is 3.60. The number of amides is 1. The van der Waals surface area contributed by atoms with E-state index in [0.29, 0.717) is 46.0 Å². The number of methoxy groups -OCH3 is 2. The number of rotatable bonds is 10. The van der Waals surface area contributed by atoms with Crippen LogP contribution in [0.1, 0.15) is 37.8 Å². The van der Waals surface area contributed by atoms with Crippen molar-refractivity contribution in [1.82, 2.24) is 10.2 Å². The van der Waals surface area contributed by atoms with Gasteiger partial charge in [0.05, 0.1) is 38.0 Å². The Morgan fingerprint density at radius 2 is 2.09 bits per heavy atom. The van der Waals surface area contributed by atoms with Crippen molar-refractivity contribution in [2.75, 3.05) is 27.4 Å². The molecular formula is C25H29N3O5S. The molecule has 1 atom stereocenters. The topological polar surface area (TPSA) is 89.5 Å². The summed E-state index contributed by atoms with van der Waals surface area (Å²) in [7, 11) is 3.16. The van der Waals surface area contributed by atoms with Crippen LogP contribution < -0.4 is 14.8 Å². The second-order valence-corrected chi connectivity index (χ2v) is 9.15. The number of allylic oxidation sites excluding steroid dienone is 1. The molecule has 1 fully saturated rings. The summed E-state index contributed by atoms with van der Waals surface area (Å²) in [6, 6.07) is 4.84. The number of esters is 1. The zero-order valence-electron chi connectivity index (χ0n) is 19.6. The van der Waals surface area contributed by atoms with Crippen molar-refractivity contribution < 1.29 is 23.8 Å². The minimum atomic E-state index is -0.604. The number of carbonyl (C=O) groups is 2. The summed E-state index contributed by atoms with van der Waals surface area (Å²) < 4.78 is 16.6. The van der Waals surface area contributed by atoms with E-state index in [-0.39, 0.29) is 18.9 Å². The van der Waals surface area contributed by atoms with Gasteiger partial charge in [0.15, 0.2) is 5.17 Å². The standard InChI is InChI=1S/C25H29N3O5S/c1-5-10-33-24(30)22-15(2)27-25-28(17(14-34-25)11-21(29)26-13-16-6-7-16)23(22)19-12-18(31-3)8-9-20(19)32-4/h5,8-9,12,14,16,23H,1,6-7,10-11,13H2,2-4H3,(H,26,29)/t23-/m0/s1. The van der Waals surface area contributed by atoms with Crippen molar-refractivity contribution in [3.05, 3.63) is 58.8 Å². The maximum atomic E-state index is 13.2. The Morgan fingerprint density at radius 1 is 1.29 bits per heavy atom. The Labute approximate surface area is 203 Å². The lowest BCUT2D eigenvalue weighted by Gasteiger charge is -2.36. The van der Waals surface area contributed by atoms with Crippen LogP contribution in [0.2, 0.25) is 0 Å². The molecule has 9 heteroatoms. The van der Waals surface area contributed by atoms with Crippen molar-refractivity contribution in [3.8, 4) is 11.5 Å². The van der Waals surface area contributed by atoms with E-state index in [4.69, 9.17) is 14.2 Å². The molecule has 1 saturated carbocycles. The maximum absolute atomic E-state index is 13.2. The van der Waals surface area contributed by atoms with Gasteiger partial charge in [-0.15, -0.1) is 0 Å². The molecule has 0 spiro atoms. The van der Waals surface area contributed by atoms with Gasteiger partial charge in [0, 0.05) is 17.8 Å². The molecule has 1 N–H and O–H groups in total. The number of benzene rings is 1. The first-order valence-electron chi connectivity index (χ1n) is 11.2. The van der Waals surface area contributed by atoms with Gasteiger partial charge in [0.2, 0.25) is 5.91 Å². The summed E-state index contributed by atoms with van der Waals surface area (Å²) in [6.45, 7) is 6.20. The highest BCUT2D eigenvalue weighted by molar-refractivity contribution is 8.16. The largest absolute Gasteiger partial charge is 0.497 e. The van der Waals surface area contributed by atoms with Crippen molar-refractivity contribution in [2.24, 2.45) is 10.9 Å². The highest BCUT2D eigenvalue weighted by Crippen LogP contribution is 2.47. The molecule has 1 aliphatic carbocycles. The number of carbonyl (C=O) groups excluding carboxylic acids is 2. The van der Waals surface area contributed by atoms with Crippen molar-refractivity contribution in [1.29, 1.82) is 0 Å². The molecule has 0 saturated heterocycles. The molecule has 4 rings (SSSR count). The number of hydrogen-bond donors (Lipinski definition) is 1. The van der Waals surface area contributed by atoms with Crippen LogP contribution in [0.25, 0.3) is 0 Å². The molecule has 2 heterocycles. The van der Waals surface area contributed by atoms with Gasteiger partial charge in [-0.2, -0.15) is 0 Å². The van der Waals surface area contributed by atoms with E-state index in [1.165, 1.54) is 30.7 Å². The van der Waals surface area contributed by atoms with Gasteiger partial charge in [0.1, 0.15) is 18.1 Å². The lowest BCUT2D eigenvalue weighted by atomic mass is 9.92. The number of fused-ring (bicyclic) bond motifs is 1. The third-order valence-corrected chi connectivity index (χ3v) is 6.80. The quantitative estimate of drug-likeness (QED) is 0.398. The van der Waals surface area contributed by atoms with E-state index in [1.54, 1.807) is 33.3 Å². The molecule has 1 aromatic carbocycles. The monoisotopic (exact) mass is 483 g/mol. The van der Waals surface area contributed by atoms with Crippen molar-refractivity contribution >= 4 is 28.8 Å². The zero-order valence-corrected chi connectivity index (χ0v) is 20.4. The van der Waals surface area contributed by atoms with Gasteiger partial charge >= 0.3 is 5.97 Å². The summed E-state index contributed by atoms with van der Waals surface area (Å²) in [5, 5.41) is 5.63. The molecule has 34 heavy (non-hydrogen) atoms. The molecule has 0 unspecified atom stereocenters. The Kier molecular flexibility index (Phi) is 7.31. The molecule has 0 bridgehead atoms. The van der Waals surface area contributed by atoms with Crippen molar-refractivity contribution in [3.63, 3.8) is 0 Å². The Bertz CT molecular complexity index is 1090. The normalized spacial score (nSPS) is 19.1. The predicted octanol–water partition coefficient (Wildman–Crippen LogP) is 3.92. The fourth-order valence-corrected chi connectivity index (χ4v) is 4.96. The van der Waals surface area contributed by atoms with E-state index in [1.807, 2.05) is 16.4 Å². The summed E-state index contributed by atoms with van der Waals surface area (Å²) in [5.41, 5.74) is 2.40. The van der Waals surface area contributed by atoms with Crippen LogP contribution in [0.4, 0.5) is 0 Å².